The van der Waals surface area contributed by atoms with E-state index in [0.717, 1.165) is 69.6 Å². The van der Waals surface area contributed by atoms with E-state index in [1.807, 2.05) is 0 Å². The van der Waals surface area contributed by atoms with Crippen molar-refractivity contribution in [3.63, 3.8) is 0 Å². The third-order valence-electron chi connectivity index (χ3n) is 13.5. The molecule has 6 heteroatoms. The normalized spacial score (nSPS) is 12.0. The summed E-state index contributed by atoms with van der Waals surface area (Å²) < 4.78 is 16.9. The SMILES string of the molecule is CCCCCCCCCCCCCCCCCCC(=O)OC[C@H](COC(=O)CCCCCCCCCCCCC(C)C)OC(=O)CCCCCCCCCCCCCCCCCC(C)C. The van der Waals surface area contributed by atoms with Crippen molar-refractivity contribution in [1.29, 1.82) is 0 Å². The number of unbranched alkanes of at least 4 members (excludes halogenated alkanes) is 38. The van der Waals surface area contributed by atoms with Crippen molar-refractivity contribution in [3.05, 3.63) is 0 Å². The molecule has 1 atom stereocenters. The molecule has 0 heterocycles. The first kappa shape index (κ1) is 63.4. The highest BCUT2D eigenvalue weighted by Crippen LogP contribution is 2.18. The zero-order valence-corrected chi connectivity index (χ0v) is 44.6. The fourth-order valence-corrected chi connectivity index (χ4v) is 9.05. The van der Waals surface area contributed by atoms with E-state index in [1.165, 1.54) is 218 Å². The zero-order chi connectivity index (χ0) is 47.5. The van der Waals surface area contributed by atoms with Crippen molar-refractivity contribution in [1.82, 2.24) is 0 Å². The van der Waals surface area contributed by atoms with Crippen LogP contribution in [0.2, 0.25) is 0 Å². The van der Waals surface area contributed by atoms with Gasteiger partial charge in [-0.05, 0) is 31.1 Å². The first-order valence-corrected chi connectivity index (χ1v) is 29.2. The second kappa shape index (κ2) is 51.8. The van der Waals surface area contributed by atoms with Crippen LogP contribution in [0.15, 0.2) is 0 Å². The number of carbonyl (C=O) groups excluding carboxylic acids is 3. The molecule has 0 N–H and O–H groups in total. The Balaban J connectivity index is 4.29. The highest BCUT2D eigenvalue weighted by atomic mass is 16.6. The molecule has 0 radical (unpaired) electrons. The van der Waals surface area contributed by atoms with Crippen LogP contribution in [0.4, 0.5) is 0 Å². The molecule has 386 valence electrons. The van der Waals surface area contributed by atoms with Crippen molar-refractivity contribution in [2.24, 2.45) is 11.8 Å². The van der Waals surface area contributed by atoms with Crippen LogP contribution in [0.25, 0.3) is 0 Å². The molecule has 0 bridgehead atoms. The molecule has 0 aliphatic heterocycles. The molecule has 0 amide bonds. The van der Waals surface area contributed by atoms with Gasteiger partial charge in [0.25, 0.3) is 0 Å². The van der Waals surface area contributed by atoms with E-state index in [2.05, 4.69) is 34.6 Å². The minimum absolute atomic E-state index is 0.0626. The molecule has 0 aromatic heterocycles. The topological polar surface area (TPSA) is 78.9 Å². The molecule has 0 aliphatic rings. The average molecular weight is 920 g/mol. The Kier molecular flexibility index (Phi) is 50.5. The lowest BCUT2D eigenvalue weighted by Crippen LogP contribution is -2.30. The Bertz CT molecular complexity index is 993. The van der Waals surface area contributed by atoms with E-state index in [1.54, 1.807) is 0 Å². The molecule has 6 nitrogen and oxygen atoms in total. The van der Waals surface area contributed by atoms with Crippen LogP contribution in [-0.4, -0.2) is 37.2 Å². The number of rotatable bonds is 53. The van der Waals surface area contributed by atoms with Crippen molar-refractivity contribution >= 4 is 17.9 Å². The molecule has 0 aliphatic carbocycles. The van der Waals surface area contributed by atoms with Crippen LogP contribution in [-0.2, 0) is 28.6 Å². The first-order chi connectivity index (χ1) is 31.7. The van der Waals surface area contributed by atoms with Gasteiger partial charge in [0.15, 0.2) is 6.10 Å². The molecule has 0 unspecified atom stereocenters. The van der Waals surface area contributed by atoms with Crippen LogP contribution in [0.5, 0.6) is 0 Å². The van der Waals surface area contributed by atoms with E-state index in [-0.39, 0.29) is 31.1 Å². The number of hydrogen-bond donors (Lipinski definition) is 0. The van der Waals surface area contributed by atoms with Crippen molar-refractivity contribution in [2.75, 3.05) is 13.2 Å². The second-order valence-corrected chi connectivity index (χ2v) is 21.2. The molecular formula is C59H114O6. The third-order valence-corrected chi connectivity index (χ3v) is 13.5. The van der Waals surface area contributed by atoms with E-state index >= 15 is 0 Å². The fraction of sp³-hybridized carbons (Fsp3) is 0.949. The molecule has 0 aromatic carbocycles. The Labute approximate surface area is 406 Å². The van der Waals surface area contributed by atoms with Gasteiger partial charge in [-0.3, -0.25) is 14.4 Å². The predicted molar refractivity (Wildman–Crippen MR) is 280 cm³/mol. The van der Waals surface area contributed by atoms with E-state index < -0.39 is 6.10 Å². The van der Waals surface area contributed by atoms with Crippen LogP contribution in [0, 0.1) is 11.8 Å². The Morgan fingerprint density at radius 1 is 0.292 bits per heavy atom. The maximum atomic E-state index is 12.9. The summed E-state index contributed by atoms with van der Waals surface area (Å²) in [6.45, 7) is 11.4. The van der Waals surface area contributed by atoms with Crippen molar-refractivity contribution in [3.8, 4) is 0 Å². The lowest BCUT2D eigenvalue weighted by molar-refractivity contribution is -0.167. The molecule has 0 aromatic rings. The molecule has 0 saturated carbocycles. The van der Waals surface area contributed by atoms with Gasteiger partial charge in [0, 0.05) is 19.3 Å². The Morgan fingerprint density at radius 2 is 0.508 bits per heavy atom. The van der Waals surface area contributed by atoms with Gasteiger partial charge in [0.05, 0.1) is 0 Å². The van der Waals surface area contributed by atoms with E-state index in [0.29, 0.717) is 19.3 Å². The van der Waals surface area contributed by atoms with Gasteiger partial charge in [0.2, 0.25) is 0 Å². The fourth-order valence-electron chi connectivity index (χ4n) is 9.05. The van der Waals surface area contributed by atoms with Crippen LogP contribution in [0.1, 0.15) is 330 Å². The first-order valence-electron chi connectivity index (χ1n) is 29.2. The van der Waals surface area contributed by atoms with Crippen molar-refractivity contribution in [2.45, 2.75) is 336 Å². The number of ether oxygens (including phenoxy) is 3. The van der Waals surface area contributed by atoms with Gasteiger partial charge in [-0.25, -0.2) is 0 Å². The summed E-state index contributed by atoms with van der Waals surface area (Å²) in [6.07, 6.45) is 55.2. The minimum atomic E-state index is -0.763. The van der Waals surface area contributed by atoms with Gasteiger partial charge >= 0.3 is 17.9 Å². The summed E-state index contributed by atoms with van der Waals surface area (Å²) in [5.41, 5.74) is 0. The van der Waals surface area contributed by atoms with E-state index in [9.17, 15) is 14.4 Å². The molecule has 0 rings (SSSR count). The Morgan fingerprint density at radius 3 is 0.754 bits per heavy atom. The van der Waals surface area contributed by atoms with Crippen molar-refractivity contribution < 1.29 is 28.6 Å². The van der Waals surface area contributed by atoms with Gasteiger partial charge in [-0.2, -0.15) is 0 Å². The minimum Gasteiger partial charge on any atom is -0.462 e. The maximum Gasteiger partial charge on any atom is 0.306 e. The summed E-state index contributed by atoms with van der Waals surface area (Å²) in [7, 11) is 0. The largest absolute Gasteiger partial charge is 0.462 e. The zero-order valence-electron chi connectivity index (χ0n) is 44.6. The summed E-state index contributed by atoms with van der Waals surface area (Å²) in [4.78, 5) is 38.1. The number of carbonyl (C=O) groups is 3. The summed E-state index contributed by atoms with van der Waals surface area (Å²) in [5, 5.41) is 0. The smallest absolute Gasteiger partial charge is 0.306 e. The lowest BCUT2D eigenvalue weighted by Gasteiger charge is -2.18. The van der Waals surface area contributed by atoms with Crippen LogP contribution < -0.4 is 0 Å². The third kappa shape index (κ3) is 53.2. The molecule has 65 heavy (non-hydrogen) atoms. The summed E-state index contributed by atoms with van der Waals surface area (Å²) >= 11 is 0. The molecule has 0 saturated heterocycles. The second-order valence-electron chi connectivity index (χ2n) is 21.2. The number of esters is 3. The lowest BCUT2D eigenvalue weighted by atomic mass is 10.0. The van der Waals surface area contributed by atoms with Crippen LogP contribution in [0.3, 0.4) is 0 Å². The van der Waals surface area contributed by atoms with Gasteiger partial charge in [0.1, 0.15) is 13.2 Å². The standard InChI is InChI=1S/C59H114O6/c1-6-7-8-9-10-11-12-13-14-17-20-23-29-34-39-44-49-57(60)63-52-56(53-64-58(61)50-45-40-35-30-26-25-28-33-38-43-48-55(4)5)65-59(62)51-46-41-36-31-24-21-18-15-16-19-22-27-32-37-42-47-54(2)3/h54-56H,6-53H2,1-5H3/t56-/m1/s1. The Hall–Kier alpha value is -1.59. The van der Waals surface area contributed by atoms with E-state index in [4.69, 9.17) is 14.2 Å². The van der Waals surface area contributed by atoms with Crippen LogP contribution >= 0.6 is 0 Å². The van der Waals surface area contributed by atoms with Gasteiger partial charge in [-0.15, -0.1) is 0 Å². The van der Waals surface area contributed by atoms with Gasteiger partial charge in [-0.1, -0.05) is 291 Å². The quantitative estimate of drug-likeness (QED) is 0.0344. The summed E-state index contributed by atoms with van der Waals surface area (Å²) in [6, 6.07) is 0. The van der Waals surface area contributed by atoms with Gasteiger partial charge < -0.3 is 14.2 Å². The molecular weight excluding hydrogens is 805 g/mol. The molecule has 0 spiro atoms. The predicted octanol–water partition coefficient (Wildman–Crippen LogP) is 19.3. The maximum absolute atomic E-state index is 12.9. The summed E-state index contributed by atoms with van der Waals surface area (Å²) in [5.74, 6) is 0.828. The molecule has 0 fully saturated rings. The highest BCUT2D eigenvalue weighted by molar-refractivity contribution is 5.71. The monoisotopic (exact) mass is 919 g/mol. The number of hydrogen-bond acceptors (Lipinski definition) is 6. The average Bonchev–Trinajstić information content (AvgIpc) is 3.28. The highest BCUT2D eigenvalue weighted by Gasteiger charge is 2.19.